The van der Waals surface area contributed by atoms with Crippen LogP contribution in [0.25, 0.3) is 0 Å². The number of hydrogen-bond donors (Lipinski definition) is 0. The Hall–Kier alpha value is 0.0900. The van der Waals surface area contributed by atoms with Crippen molar-refractivity contribution < 1.29 is 0 Å². The Morgan fingerprint density at radius 2 is 1.38 bits per heavy atom. The van der Waals surface area contributed by atoms with Crippen LogP contribution in [0.1, 0.15) is 82.1 Å². The second-order valence-electron chi connectivity index (χ2n) is 5.76. The molecule has 0 aromatic heterocycles. The van der Waals surface area contributed by atoms with Crippen molar-refractivity contribution in [2.75, 3.05) is 0 Å². The van der Waals surface area contributed by atoms with Crippen molar-refractivity contribution in [2.24, 2.45) is 0 Å². The van der Waals surface area contributed by atoms with Crippen LogP contribution < -0.4 is 0 Å². The Morgan fingerprint density at radius 1 is 0.810 bits per heavy atom. The molecule has 0 amide bonds. The van der Waals surface area contributed by atoms with Gasteiger partial charge in [0.15, 0.2) is 0 Å². The number of hydrogen-bond acceptors (Lipinski definition) is 0. The SMILES string of the molecule is CCCCCCCCCCCC(Cl)c1ccc(Cl)c(Cl)c1. The first-order valence-corrected chi connectivity index (χ1v) is 9.43. The fourth-order valence-corrected chi connectivity index (χ4v) is 3.10. The molecular formula is C18H27Cl3. The molecule has 0 saturated heterocycles. The molecule has 0 nitrogen and oxygen atoms in total. The predicted molar refractivity (Wildman–Crippen MR) is 96.9 cm³/mol. The number of rotatable bonds is 11. The molecule has 0 spiro atoms. The third-order valence-corrected chi connectivity index (χ3v) is 5.08. The number of benzene rings is 1. The topological polar surface area (TPSA) is 0 Å². The molecule has 0 N–H and O–H groups in total. The maximum Gasteiger partial charge on any atom is 0.0595 e. The zero-order valence-corrected chi connectivity index (χ0v) is 15.3. The Bertz CT molecular complexity index is 390. The Balaban J connectivity index is 2.08. The second-order valence-corrected chi connectivity index (χ2v) is 7.10. The molecule has 120 valence electrons. The molecule has 0 fully saturated rings. The summed E-state index contributed by atoms with van der Waals surface area (Å²) < 4.78 is 0. The molecule has 1 aromatic carbocycles. The first-order chi connectivity index (χ1) is 10.1. The Labute approximate surface area is 145 Å². The van der Waals surface area contributed by atoms with Crippen molar-refractivity contribution in [3.63, 3.8) is 0 Å². The summed E-state index contributed by atoms with van der Waals surface area (Å²) in [6.45, 7) is 2.26. The van der Waals surface area contributed by atoms with Crippen molar-refractivity contribution in [2.45, 2.75) is 76.5 Å². The molecule has 1 aromatic rings. The predicted octanol–water partition coefficient (Wildman–Crippen LogP) is 8.19. The normalized spacial score (nSPS) is 12.6. The van der Waals surface area contributed by atoms with Gasteiger partial charge in [0.2, 0.25) is 0 Å². The third-order valence-electron chi connectivity index (χ3n) is 3.87. The van der Waals surface area contributed by atoms with E-state index in [0.717, 1.165) is 12.0 Å². The summed E-state index contributed by atoms with van der Waals surface area (Å²) in [5.41, 5.74) is 1.07. The molecule has 0 heterocycles. The van der Waals surface area contributed by atoms with Gasteiger partial charge in [-0.05, 0) is 24.1 Å². The van der Waals surface area contributed by atoms with E-state index in [0.29, 0.717) is 10.0 Å². The lowest BCUT2D eigenvalue weighted by Gasteiger charge is -2.10. The van der Waals surface area contributed by atoms with E-state index in [4.69, 9.17) is 34.8 Å². The van der Waals surface area contributed by atoms with E-state index in [1.54, 1.807) is 0 Å². The molecule has 0 aliphatic carbocycles. The van der Waals surface area contributed by atoms with Crippen LogP contribution >= 0.6 is 34.8 Å². The molecule has 0 saturated carbocycles. The lowest BCUT2D eigenvalue weighted by molar-refractivity contribution is 0.554. The van der Waals surface area contributed by atoms with Gasteiger partial charge in [-0.3, -0.25) is 0 Å². The van der Waals surface area contributed by atoms with Gasteiger partial charge in [0.1, 0.15) is 0 Å². The Morgan fingerprint density at radius 3 is 1.95 bits per heavy atom. The van der Waals surface area contributed by atoms with E-state index in [1.807, 2.05) is 18.2 Å². The molecule has 0 aliphatic heterocycles. The van der Waals surface area contributed by atoms with Crippen LogP contribution in [0, 0.1) is 0 Å². The van der Waals surface area contributed by atoms with Gasteiger partial charge in [-0.25, -0.2) is 0 Å². The van der Waals surface area contributed by atoms with Gasteiger partial charge < -0.3 is 0 Å². The van der Waals surface area contributed by atoms with Crippen molar-refractivity contribution in [1.82, 2.24) is 0 Å². The monoisotopic (exact) mass is 348 g/mol. The zero-order chi connectivity index (χ0) is 15.5. The lowest BCUT2D eigenvalue weighted by Crippen LogP contribution is -1.91. The van der Waals surface area contributed by atoms with Crippen molar-refractivity contribution in [1.29, 1.82) is 0 Å². The maximum atomic E-state index is 6.43. The molecule has 1 atom stereocenters. The van der Waals surface area contributed by atoms with Gasteiger partial charge in [-0.1, -0.05) is 94.0 Å². The summed E-state index contributed by atoms with van der Waals surface area (Å²) in [6, 6.07) is 5.68. The van der Waals surface area contributed by atoms with E-state index in [9.17, 15) is 0 Å². The standard InChI is InChI=1S/C18H27Cl3/c1-2-3-4-5-6-7-8-9-10-11-16(19)15-12-13-17(20)18(21)14-15/h12-14,16H,2-11H2,1H3. The quantitative estimate of drug-likeness (QED) is 0.279. The first-order valence-electron chi connectivity index (χ1n) is 8.24. The van der Waals surface area contributed by atoms with Crippen LogP contribution in [0.4, 0.5) is 0 Å². The van der Waals surface area contributed by atoms with Gasteiger partial charge in [0.25, 0.3) is 0 Å². The minimum atomic E-state index is 0.0457. The number of alkyl halides is 1. The third kappa shape index (κ3) is 8.33. The van der Waals surface area contributed by atoms with Gasteiger partial charge in [-0.2, -0.15) is 0 Å². The van der Waals surface area contributed by atoms with E-state index in [-0.39, 0.29) is 5.38 Å². The molecule has 0 aliphatic rings. The van der Waals surface area contributed by atoms with Crippen molar-refractivity contribution in [3.05, 3.63) is 33.8 Å². The Kier molecular flexibility index (Phi) is 10.6. The molecule has 1 rings (SSSR count). The summed E-state index contributed by atoms with van der Waals surface area (Å²) in [5, 5.41) is 1.23. The minimum absolute atomic E-state index is 0.0457. The van der Waals surface area contributed by atoms with Gasteiger partial charge in [0.05, 0.1) is 15.4 Å². The van der Waals surface area contributed by atoms with Crippen LogP contribution in [-0.2, 0) is 0 Å². The highest BCUT2D eigenvalue weighted by Crippen LogP contribution is 2.31. The van der Waals surface area contributed by atoms with Crippen LogP contribution in [0.2, 0.25) is 10.0 Å². The largest absolute Gasteiger partial charge is 0.118 e. The fourth-order valence-electron chi connectivity index (χ4n) is 2.51. The molecule has 0 bridgehead atoms. The zero-order valence-electron chi connectivity index (χ0n) is 13.0. The molecule has 21 heavy (non-hydrogen) atoms. The second kappa shape index (κ2) is 11.6. The molecule has 1 unspecified atom stereocenters. The highest BCUT2D eigenvalue weighted by atomic mass is 35.5. The van der Waals surface area contributed by atoms with Crippen LogP contribution in [0.5, 0.6) is 0 Å². The summed E-state index contributed by atoms with van der Waals surface area (Å²) >= 11 is 18.4. The average Bonchev–Trinajstić information content (AvgIpc) is 2.48. The van der Waals surface area contributed by atoms with Gasteiger partial charge in [0, 0.05) is 0 Å². The van der Waals surface area contributed by atoms with Crippen LogP contribution in [0.15, 0.2) is 18.2 Å². The van der Waals surface area contributed by atoms with Crippen LogP contribution in [-0.4, -0.2) is 0 Å². The van der Waals surface area contributed by atoms with Crippen molar-refractivity contribution >= 4 is 34.8 Å². The van der Waals surface area contributed by atoms with Crippen molar-refractivity contribution in [3.8, 4) is 0 Å². The molecule has 0 radical (unpaired) electrons. The van der Waals surface area contributed by atoms with E-state index < -0.39 is 0 Å². The van der Waals surface area contributed by atoms with E-state index >= 15 is 0 Å². The highest BCUT2D eigenvalue weighted by molar-refractivity contribution is 6.42. The van der Waals surface area contributed by atoms with Gasteiger partial charge in [-0.15, -0.1) is 11.6 Å². The minimum Gasteiger partial charge on any atom is -0.118 e. The highest BCUT2D eigenvalue weighted by Gasteiger charge is 2.09. The summed E-state index contributed by atoms with van der Waals surface area (Å²) in [7, 11) is 0. The van der Waals surface area contributed by atoms with E-state index in [1.165, 1.54) is 57.8 Å². The summed E-state index contributed by atoms with van der Waals surface area (Å²) in [5.74, 6) is 0. The summed E-state index contributed by atoms with van der Waals surface area (Å²) in [4.78, 5) is 0. The summed E-state index contributed by atoms with van der Waals surface area (Å²) in [6.07, 6.45) is 13.1. The van der Waals surface area contributed by atoms with E-state index in [2.05, 4.69) is 6.92 Å². The van der Waals surface area contributed by atoms with Gasteiger partial charge >= 0.3 is 0 Å². The lowest BCUT2D eigenvalue weighted by atomic mass is 10.0. The average molecular weight is 350 g/mol. The maximum absolute atomic E-state index is 6.43. The molecular weight excluding hydrogens is 323 g/mol. The number of halogens is 3. The smallest absolute Gasteiger partial charge is 0.0595 e. The fraction of sp³-hybridized carbons (Fsp3) is 0.667. The number of unbranched alkanes of at least 4 members (excludes halogenated alkanes) is 8. The van der Waals surface area contributed by atoms with Crippen LogP contribution in [0.3, 0.4) is 0 Å². The molecule has 3 heteroatoms. The first kappa shape index (κ1) is 19.1.